The third-order valence-electron chi connectivity index (χ3n) is 4.05. The van der Waals surface area contributed by atoms with E-state index in [0.717, 1.165) is 0 Å². The van der Waals surface area contributed by atoms with Crippen molar-refractivity contribution in [3.8, 4) is 0 Å². The summed E-state index contributed by atoms with van der Waals surface area (Å²) in [6.07, 6.45) is 6.47. The highest BCUT2D eigenvalue weighted by atomic mass is 14.1. The Morgan fingerprint density at radius 3 is 2.70 bits per heavy atom. The number of unbranched alkanes of at least 4 members (excludes halogenated alkanes) is 3. The van der Waals surface area contributed by atoms with Crippen molar-refractivity contribution in [2.24, 2.45) is 0 Å². The molecular formula is C20H21. The zero-order valence-electron chi connectivity index (χ0n) is 12.2. The Morgan fingerprint density at radius 2 is 1.80 bits per heavy atom. The van der Waals surface area contributed by atoms with E-state index in [1.807, 2.05) is 6.07 Å². The van der Waals surface area contributed by atoms with Crippen molar-refractivity contribution in [1.82, 2.24) is 0 Å². The highest BCUT2D eigenvalue weighted by Gasteiger charge is 2.03. The Kier molecular flexibility index (Phi) is 4.01. The molecule has 0 saturated carbocycles. The quantitative estimate of drug-likeness (QED) is 0.395. The van der Waals surface area contributed by atoms with Gasteiger partial charge in [-0.2, -0.15) is 0 Å². The van der Waals surface area contributed by atoms with Gasteiger partial charge in [0.1, 0.15) is 0 Å². The van der Waals surface area contributed by atoms with Gasteiger partial charge in [-0.05, 0) is 58.1 Å². The van der Waals surface area contributed by atoms with Gasteiger partial charge in [0.05, 0.1) is 0 Å². The van der Waals surface area contributed by atoms with Gasteiger partial charge in [-0.15, -0.1) is 0 Å². The molecule has 0 amide bonds. The van der Waals surface area contributed by atoms with Gasteiger partial charge in [0.15, 0.2) is 0 Å². The van der Waals surface area contributed by atoms with Gasteiger partial charge < -0.3 is 0 Å². The second kappa shape index (κ2) is 6.09. The summed E-state index contributed by atoms with van der Waals surface area (Å²) in [4.78, 5) is 0. The molecule has 0 aromatic heterocycles. The fourth-order valence-electron chi connectivity index (χ4n) is 2.92. The first-order chi connectivity index (χ1) is 9.88. The number of hydrogen-bond donors (Lipinski definition) is 0. The molecule has 0 unspecified atom stereocenters. The van der Waals surface area contributed by atoms with E-state index >= 15 is 0 Å². The van der Waals surface area contributed by atoms with Crippen LogP contribution in [0.15, 0.2) is 48.5 Å². The van der Waals surface area contributed by atoms with Gasteiger partial charge in [0.2, 0.25) is 0 Å². The van der Waals surface area contributed by atoms with Crippen LogP contribution < -0.4 is 0 Å². The van der Waals surface area contributed by atoms with E-state index in [4.69, 9.17) is 0 Å². The van der Waals surface area contributed by atoms with Crippen LogP contribution in [-0.2, 0) is 6.42 Å². The second-order valence-electron chi connectivity index (χ2n) is 5.56. The Labute approximate surface area is 121 Å². The van der Waals surface area contributed by atoms with Crippen molar-refractivity contribution in [3.05, 3.63) is 60.2 Å². The van der Waals surface area contributed by atoms with E-state index in [-0.39, 0.29) is 0 Å². The molecular weight excluding hydrogens is 240 g/mol. The van der Waals surface area contributed by atoms with Crippen LogP contribution >= 0.6 is 0 Å². The topological polar surface area (TPSA) is 0 Å². The lowest BCUT2D eigenvalue weighted by Gasteiger charge is -2.08. The summed E-state index contributed by atoms with van der Waals surface area (Å²) in [7, 11) is 0. The molecule has 0 atom stereocenters. The summed E-state index contributed by atoms with van der Waals surface area (Å²) in [5.74, 6) is 0. The molecule has 0 aliphatic carbocycles. The Morgan fingerprint density at radius 1 is 0.900 bits per heavy atom. The summed E-state index contributed by atoms with van der Waals surface area (Å²) < 4.78 is 0. The van der Waals surface area contributed by atoms with E-state index in [2.05, 4.69) is 55.5 Å². The summed E-state index contributed by atoms with van der Waals surface area (Å²) >= 11 is 0. The number of aryl methyl sites for hydroxylation is 1. The van der Waals surface area contributed by atoms with E-state index in [1.54, 1.807) is 0 Å². The zero-order chi connectivity index (χ0) is 13.8. The van der Waals surface area contributed by atoms with Crippen LogP contribution in [0, 0.1) is 6.07 Å². The highest BCUT2D eigenvalue weighted by molar-refractivity contribution is 5.99. The van der Waals surface area contributed by atoms with Crippen molar-refractivity contribution < 1.29 is 0 Å². The smallest absolute Gasteiger partial charge is 0.00987 e. The van der Waals surface area contributed by atoms with Gasteiger partial charge in [0.25, 0.3) is 0 Å². The molecule has 0 bridgehead atoms. The lowest BCUT2D eigenvalue weighted by atomic mass is 9.96. The van der Waals surface area contributed by atoms with Crippen molar-refractivity contribution in [2.45, 2.75) is 39.0 Å². The molecule has 0 fully saturated rings. The number of hydrogen-bond acceptors (Lipinski definition) is 0. The monoisotopic (exact) mass is 261 g/mol. The summed E-state index contributed by atoms with van der Waals surface area (Å²) in [6, 6.07) is 20.9. The first-order valence-corrected chi connectivity index (χ1v) is 7.70. The lowest BCUT2D eigenvalue weighted by molar-refractivity contribution is 0.668. The van der Waals surface area contributed by atoms with Gasteiger partial charge in [-0.3, -0.25) is 0 Å². The molecule has 101 valence electrons. The largest absolute Gasteiger partial charge is 0.0654 e. The lowest BCUT2D eigenvalue weighted by Crippen LogP contribution is -1.88. The average molecular weight is 261 g/mol. The third kappa shape index (κ3) is 2.70. The zero-order valence-corrected chi connectivity index (χ0v) is 12.2. The normalized spacial score (nSPS) is 11.2. The predicted molar refractivity (Wildman–Crippen MR) is 88.1 cm³/mol. The maximum atomic E-state index is 3.35. The van der Waals surface area contributed by atoms with E-state index in [1.165, 1.54) is 59.2 Å². The Bertz CT molecular complexity index is 709. The molecule has 0 saturated heterocycles. The van der Waals surface area contributed by atoms with Crippen LogP contribution in [0.25, 0.3) is 21.5 Å². The van der Waals surface area contributed by atoms with Crippen molar-refractivity contribution in [2.75, 3.05) is 0 Å². The molecule has 0 aliphatic rings. The fraction of sp³-hybridized carbons (Fsp3) is 0.300. The molecule has 0 spiro atoms. The van der Waals surface area contributed by atoms with Crippen molar-refractivity contribution in [1.29, 1.82) is 0 Å². The van der Waals surface area contributed by atoms with Crippen molar-refractivity contribution in [3.63, 3.8) is 0 Å². The molecule has 0 heteroatoms. The van der Waals surface area contributed by atoms with Gasteiger partial charge >= 0.3 is 0 Å². The third-order valence-corrected chi connectivity index (χ3v) is 4.05. The van der Waals surface area contributed by atoms with E-state index in [0.29, 0.717) is 0 Å². The second-order valence-corrected chi connectivity index (χ2v) is 5.56. The fourth-order valence-corrected chi connectivity index (χ4v) is 2.92. The first-order valence-electron chi connectivity index (χ1n) is 7.70. The van der Waals surface area contributed by atoms with Crippen LogP contribution in [0.4, 0.5) is 0 Å². The minimum atomic E-state index is 1.19. The number of rotatable bonds is 5. The first kappa shape index (κ1) is 13.2. The molecule has 20 heavy (non-hydrogen) atoms. The summed E-state index contributed by atoms with van der Waals surface area (Å²) in [5, 5.41) is 5.26. The van der Waals surface area contributed by atoms with E-state index in [9.17, 15) is 0 Å². The molecule has 3 aromatic rings. The minimum Gasteiger partial charge on any atom is -0.0654 e. The molecule has 0 N–H and O–H groups in total. The Balaban J connectivity index is 1.97. The van der Waals surface area contributed by atoms with Crippen LogP contribution in [0.1, 0.15) is 38.2 Å². The molecule has 0 aliphatic heterocycles. The molecule has 0 nitrogen and oxygen atoms in total. The number of fused-ring (bicyclic) bond motifs is 2. The maximum Gasteiger partial charge on any atom is -0.00987 e. The predicted octanol–water partition coefficient (Wildman–Crippen LogP) is 5.92. The molecule has 0 heterocycles. The summed E-state index contributed by atoms with van der Waals surface area (Å²) in [6.45, 7) is 2.26. The van der Waals surface area contributed by atoms with E-state index < -0.39 is 0 Å². The molecule has 3 rings (SSSR count). The van der Waals surface area contributed by atoms with Gasteiger partial charge in [-0.25, -0.2) is 0 Å². The highest BCUT2D eigenvalue weighted by Crippen LogP contribution is 2.26. The molecule has 1 radical (unpaired) electrons. The maximum absolute atomic E-state index is 3.35. The summed E-state index contributed by atoms with van der Waals surface area (Å²) in [5.41, 5.74) is 1.48. The minimum absolute atomic E-state index is 1.19. The van der Waals surface area contributed by atoms with Crippen LogP contribution in [0.5, 0.6) is 0 Å². The SMILES string of the molecule is CCCCCCc1cccc2cc3ccc[c]c3cc12. The number of benzene rings is 3. The average Bonchev–Trinajstić information content (AvgIpc) is 2.50. The van der Waals surface area contributed by atoms with Gasteiger partial charge in [0, 0.05) is 0 Å². The molecule has 3 aromatic carbocycles. The van der Waals surface area contributed by atoms with Crippen LogP contribution in [0.3, 0.4) is 0 Å². The Hall–Kier alpha value is -1.82. The van der Waals surface area contributed by atoms with Crippen molar-refractivity contribution >= 4 is 21.5 Å². The van der Waals surface area contributed by atoms with Crippen LogP contribution in [-0.4, -0.2) is 0 Å². The standard InChI is InChI=1S/C20H21/c1-2-3-4-5-9-16-12-8-13-19-14-17-10-6-7-11-18(17)15-20(16)19/h6-8,10,12-15H,2-5,9H2,1H3. The van der Waals surface area contributed by atoms with Gasteiger partial charge in [-0.1, -0.05) is 62.6 Å². The van der Waals surface area contributed by atoms with Crippen LogP contribution in [0.2, 0.25) is 0 Å².